The van der Waals surface area contributed by atoms with Crippen LogP contribution < -0.4 is 0 Å². The average Bonchev–Trinajstić information content (AvgIpc) is 3.01. The van der Waals surface area contributed by atoms with E-state index >= 15 is 0 Å². The summed E-state index contributed by atoms with van der Waals surface area (Å²) in [6.45, 7) is 1.96. The van der Waals surface area contributed by atoms with Crippen molar-refractivity contribution in [2.75, 3.05) is 13.1 Å². The molecule has 4 nitrogen and oxygen atoms in total. The zero-order chi connectivity index (χ0) is 12.5. The van der Waals surface area contributed by atoms with Crippen molar-refractivity contribution < 1.29 is 9.59 Å². The van der Waals surface area contributed by atoms with E-state index in [1.165, 1.54) is 4.88 Å². The van der Waals surface area contributed by atoms with E-state index in [1.807, 2.05) is 22.4 Å². The SMILES string of the molecule is O=C1C2CCCN2C(=O)CCN1Cc1cccs1. The summed E-state index contributed by atoms with van der Waals surface area (Å²) in [4.78, 5) is 29.2. The van der Waals surface area contributed by atoms with E-state index in [0.717, 1.165) is 19.4 Å². The van der Waals surface area contributed by atoms with E-state index in [4.69, 9.17) is 0 Å². The fourth-order valence-electron chi connectivity index (χ4n) is 2.76. The molecule has 3 rings (SSSR count). The maximum atomic E-state index is 12.4. The van der Waals surface area contributed by atoms with Gasteiger partial charge in [0.05, 0.1) is 6.54 Å². The van der Waals surface area contributed by atoms with E-state index in [0.29, 0.717) is 19.5 Å². The van der Waals surface area contributed by atoms with Crippen molar-refractivity contribution in [3.05, 3.63) is 22.4 Å². The Morgan fingerprint density at radius 1 is 1.33 bits per heavy atom. The molecule has 1 aromatic heterocycles. The first kappa shape index (κ1) is 11.7. The number of nitrogens with zero attached hydrogens (tertiary/aromatic N) is 2. The Labute approximate surface area is 110 Å². The van der Waals surface area contributed by atoms with Crippen molar-refractivity contribution in [3.8, 4) is 0 Å². The highest BCUT2D eigenvalue weighted by Gasteiger charge is 2.39. The molecular formula is C13H16N2O2S. The van der Waals surface area contributed by atoms with Crippen LogP contribution in [0.3, 0.4) is 0 Å². The Bertz CT molecular complexity index is 458. The van der Waals surface area contributed by atoms with Crippen LogP contribution >= 0.6 is 11.3 Å². The number of fused-ring (bicyclic) bond motifs is 1. The van der Waals surface area contributed by atoms with Crippen molar-refractivity contribution in [3.63, 3.8) is 0 Å². The van der Waals surface area contributed by atoms with Crippen molar-refractivity contribution in [2.45, 2.75) is 31.8 Å². The third-order valence-corrected chi connectivity index (χ3v) is 4.55. The quantitative estimate of drug-likeness (QED) is 0.811. The lowest BCUT2D eigenvalue weighted by Crippen LogP contribution is -2.43. The smallest absolute Gasteiger partial charge is 0.245 e. The number of hydrogen-bond acceptors (Lipinski definition) is 3. The molecule has 5 heteroatoms. The number of carbonyl (C=O) groups is 2. The van der Waals surface area contributed by atoms with Gasteiger partial charge in [-0.15, -0.1) is 11.3 Å². The predicted molar refractivity (Wildman–Crippen MR) is 69.1 cm³/mol. The largest absolute Gasteiger partial charge is 0.335 e. The van der Waals surface area contributed by atoms with E-state index in [-0.39, 0.29) is 17.9 Å². The average molecular weight is 264 g/mol. The highest BCUT2D eigenvalue weighted by atomic mass is 32.1. The standard InChI is InChI=1S/C13H16N2O2S/c16-12-5-7-14(9-10-3-2-8-18-10)13(17)11-4-1-6-15(11)12/h2-3,8,11H,1,4-7,9H2. The third-order valence-electron chi connectivity index (χ3n) is 3.69. The lowest BCUT2D eigenvalue weighted by molar-refractivity contribution is -0.139. The van der Waals surface area contributed by atoms with Crippen LogP contribution in [0.2, 0.25) is 0 Å². The van der Waals surface area contributed by atoms with Gasteiger partial charge in [0, 0.05) is 24.4 Å². The molecule has 0 aromatic carbocycles. The molecule has 1 atom stereocenters. The van der Waals surface area contributed by atoms with Gasteiger partial charge in [0.25, 0.3) is 0 Å². The molecule has 1 aromatic rings. The van der Waals surface area contributed by atoms with E-state index in [2.05, 4.69) is 0 Å². The van der Waals surface area contributed by atoms with Crippen molar-refractivity contribution in [2.24, 2.45) is 0 Å². The second-order valence-electron chi connectivity index (χ2n) is 4.83. The van der Waals surface area contributed by atoms with Gasteiger partial charge in [-0.1, -0.05) is 6.07 Å². The molecule has 2 fully saturated rings. The normalized spacial score (nSPS) is 24.3. The number of hydrogen-bond donors (Lipinski definition) is 0. The molecule has 0 radical (unpaired) electrons. The lowest BCUT2D eigenvalue weighted by Gasteiger charge is -2.24. The lowest BCUT2D eigenvalue weighted by atomic mass is 10.2. The second-order valence-corrected chi connectivity index (χ2v) is 5.87. The number of amides is 2. The monoisotopic (exact) mass is 264 g/mol. The van der Waals surface area contributed by atoms with Crippen LogP contribution in [-0.2, 0) is 16.1 Å². The molecule has 1 unspecified atom stereocenters. The summed E-state index contributed by atoms with van der Waals surface area (Å²) in [7, 11) is 0. The van der Waals surface area contributed by atoms with Crippen LogP contribution in [0.15, 0.2) is 17.5 Å². The predicted octanol–water partition coefficient (Wildman–Crippen LogP) is 1.47. The van der Waals surface area contributed by atoms with Crippen molar-refractivity contribution in [1.29, 1.82) is 0 Å². The molecular weight excluding hydrogens is 248 g/mol. The summed E-state index contributed by atoms with van der Waals surface area (Å²) in [6.07, 6.45) is 2.24. The molecule has 0 N–H and O–H groups in total. The summed E-state index contributed by atoms with van der Waals surface area (Å²) in [5.41, 5.74) is 0. The Hall–Kier alpha value is -1.36. The van der Waals surface area contributed by atoms with E-state index in [9.17, 15) is 9.59 Å². The highest BCUT2D eigenvalue weighted by molar-refractivity contribution is 7.09. The maximum Gasteiger partial charge on any atom is 0.245 e. The Kier molecular flexibility index (Phi) is 3.07. The van der Waals surface area contributed by atoms with Gasteiger partial charge in [0.2, 0.25) is 11.8 Å². The molecule has 0 bridgehead atoms. The zero-order valence-corrected chi connectivity index (χ0v) is 11.0. The van der Waals surface area contributed by atoms with Crippen molar-refractivity contribution in [1.82, 2.24) is 9.80 Å². The van der Waals surface area contributed by atoms with Crippen LogP contribution in [0.5, 0.6) is 0 Å². The highest BCUT2D eigenvalue weighted by Crippen LogP contribution is 2.24. The van der Waals surface area contributed by atoms with Gasteiger partial charge < -0.3 is 9.80 Å². The van der Waals surface area contributed by atoms with Gasteiger partial charge >= 0.3 is 0 Å². The minimum Gasteiger partial charge on any atom is -0.335 e. The fourth-order valence-corrected chi connectivity index (χ4v) is 3.48. The summed E-state index contributed by atoms with van der Waals surface area (Å²) in [5.74, 6) is 0.270. The first-order valence-corrected chi connectivity index (χ1v) is 7.24. The van der Waals surface area contributed by atoms with Crippen LogP contribution in [0.1, 0.15) is 24.1 Å². The topological polar surface area (TPSA) is 40.6 Å². The number of carbonyl (C=O) groups excluding carboxylic acids is 2. The molecule has 96 valence electrons. The van der Waals surface area contributed by atoms with Crippen molar-refractivity contribution >= 4 is 23.2 Å². The maximum absolute atomic E-state index is 12.4. The summed E-state index contributed by atoms with van der Waals surface area (Å²) in [5, 5.41) is 2.02. The third kappa shape index (κ3) is 2.03. The van der Waals surface area contributed by atoms with Crippen LogP contribution in [-0.4, -0.2) is 40.7 Å². The molecule has 0 aliphatic carbocycles. The van der Waals surface area contributed by atoms with E-state index < -0.39 is 0 Å². The van der Waals surface area contributed by atoms with Crippen LogP contribution in [0.4, 0.5) is 0 Å². The minimum atomic E-state index is -0.194. The molecule has 0 spiro atoms. The molecule has 18 heavy (non-hydrogen) atoms. The molecule has 2 aliphatic heterocycles. The first-order valence-electron chi connectivity index (χ1n) is 6.36. The summed E-state index contributed by atoms with van der Waals surface area (Å²) >= 11 is 1.66. The first-order chi connectivity index (χ1) is 8.75. The van der Waals surface area contributed by atoms with Gasteiger partial charge in [-0.25, -0.2) is 0 Å². The minimum absolute atomic E-state index is 0.131. The zero-order valence-electron chi connectivity index (χ0n) is 10.2. The second kappa shape index (κ2) is 4.72. The number of rotatable bonds is 2. The van der Waals surface area contributed by atoms with Crippen LogP contribution in [0.25, 0.3) is 0 Å². The molecule has 3 heterocycles. The summed E-state index contributed by atoms with van der Waals surface area (Å²) < 4.78 is 0. The molecule has 0 saturated carbocycles. The van der Waals surface area contributed by atoms with Gasteiger partial charge in [-0.2, -0.15) is 0 Å². The van der Waals surface area contributed by atoms with Gasteiger partial charge in [-0.05, 0) is 24.3 Å². The van der Waals surface area contributed by atoms with Gasteiger partial charge in [0.15, 0.2) is 0 Å². The molecule has 2 amide bonds. The fraction of sp³-hybridized carbons (Fsp3) is 0.538. The summed E-state index contributed by atoms with van der Waals surface area (Å²) in [6, 6.07) is 3.84. The Morgan fingerprint density at radius 3 is 3.00 bits per heavy atom. The van der Waals surface area contributed by atoms with Gasteiger partial charge in [-0.3, -0.25) is 9.59 Å². The van der Waals surface area contributed by atoms with Gasteiger partial charge in [0.1, 0.15) is 6.04 Å². The Balaban J connectivity index is 1.79. The number of thiophene rings is 1. The van der Waals surface area contributed by atoms with E-state index in [1.54, 1.807) is 16.2 Å². The van der Waals surface area contributed by atoms with Crippen LogP contribution in [0, 0.1) is 0 Å². The molecule has 2 aliphatic rings. The Morgan fingerprint density at radius 2 is 2.22 bits per heavy atom. The molecule has 2 saturated heterocycles.